The number of rotatable bonds is 4. The Labute approximate surface area is 184 Å². The fraction of sp³-hybridized carbons (Fsp3) is 0.174. The van der Waals surface area contributed by atoms with Crippen LogP contribution in [0.4, 0.5) is 10.5 Å². The van der Waals surface area contributed by atoms with Gasteiger partial charge in [-0.3, -0.25) is 0 Å². The molecule has 0 spiro atoms. The van der Waals surface area contributed by atoms with Gasteiger partial charge in [-0.15, -0.1) is 15.0 Å². The molecular formula is C23H23N5O2S. The molecule has 0 bridgehead atoms. The number of aromatic nitrogens is 3. The van der Waals surface area contributed by atoms with Crippen molar-refractivity contribution in [1.29, 1.82) is 0 Å². The van der Waals surface area contributed by atoms with Crippen molar-refractivity contribution in [2.24, 2.45) is 0 Å². The molecule has 2 amide bonds. The Morgan fingerprint density at radius 2 is 1.77 bits per heavy atom. The summed E-state index contributed by atoms with van der Waals surface area (Å²) < 4.78 is 0. The normalized spacial score (nSPS) is 11.0. The van der Waals surface area contributed by atoms with E-state index in [2.05, 4.69) is 47.6 Å². The van der Waals surface area contributed by atoms with Crippen molar-refractivity contribution < 1.29 is 9.90 Å². The van der Waals surface area contributed by atoms with Crippen molar-refractivity contribution in [3.8, 4) is 11.4 Å². The molecule has 0 aliphatic rings. The number of carbonyl (C=O) groups excluding carboxylic acids is 1. The first-order chi connectivity index (χ1) is 14.8. The van der Waals surface area contributed by atoms with Crippen LogP contribution in [-0.4, -0.2) is 45.1 Å². The van der Waals surface area contributed by atoms with Gasteiger partial charge in [-0.05, 0) is 55.8 Å². The highest BCUT2D eigenvalue weighted by Crippen LogP contribution is 2.32. The van der Waals surface area contributed by atoms with E-state index < -0.39 is 0 Å². The molecule has 0 saturated heterocycles. The molecule has 0 fully saturated rings. The number of aromatic hydroxyl groups is 1. The van der Waals surface area contributed by atoms with Crippen molar-refractivity contribution in [3.63, 3.8) is 0 Å². The lowest BCUT2D eigenvalue weighted by Gasteiger charge is -2.12. The maximum absolute atomic E-state index is 11.8. The zero-order chi connectivity index (χ0) is 22.1. The maximum Gasteiger partial charge on any atom is 0.321 e. The molecular weight excluding hydrogens is 410 g/mol. The number of phenolic OH excluding ortho intramolecular Hbond substituents is 1. The average molecular weight is 434 g/mol. The van der Waals surface area contributed by atoms with E-state index in [1.165, 1.54) is 31.8 Å². The molecule has 0 aliphatic heterocycles. The van der Waals surface area contributed by atoms with Crippen LogP contribution in [0, 0.1) is 13.8 Å². The first kappa shape index (κ1) is 20.7. The quantitative estimate of drug-likeness (QED) is 0.474. The second-order valence-electron chi connectivity index (χ2n) is 7.54. The van der Waals surface area contributed by atoms with Gasteiger partial charge in [0, 0.05) is 35.6 Å². The standard InChI is InChI=1S/C23H23N5O2S/c1-14-5-10-22(15(2)11-14)31-17-7-8-18-19(13-17)26-28(25-18)20-9-6-16(12-21(20)29)24-23(30)27(3)4/h5-13,29H,1-4H3,(H,24,30). The lowest BCUT2D eigenvalue weighted by molar-refractivity contribution is 0.230. The summed E-state index contributed by atoms with van der Waals surface area (Å²) >= 11 is 1.69. The number of nitrogens with one attached hydrogen (secondary N) is 1. The van der Waals surface area contributed by atoms with E-state index in [0.717, 1.165) is 15.9 Å². The van der Waals surface area contributed by atoms with E-state index in [1.807, 2.05) is 18.2 Å². The van der Waals surface area contributed by atoms with Gasteiger partial charge in [0.05, 0.1) is 0 Å². The van der Waals surface area contributed by atoms with Gasteiger partial charge in [-0.25, -0.2) is 4.79 Å². The van der Waals surface area contributed by atoms with Gasteiger partial charge in [0.15, 0.2) is 0 Å². The number of hydrogen-bond donors (Lipinski definition) is 2. The molecule has 4 aromatic rings. The number of nitrogens with zero attached hydrogens (tertiary/aromatic N) is 4. The fourth-order valence-corrected chi connectivity index (χ4v) is 4.03. The van der Waals surface area contributed by atoms with E-state index in [1.54, 1.807) is 38.0 Å². The Kier molecular flexibility index (Phi) is 5.56. The van der Waals surface area contributed by atoms with Gasteiger partial charge in [0.2, 0.25) is 0 Å². The molecule has 4 rings (SSSR count). The highest BCUT2D eigenvalue weighted by Gasteiger charge is 2.12. The highest BCUT2D eigenvalue weighted by atomic mass is 32.2. The minimum absolute atomic E-state index is 0.0262. The number of fused-ring (bicyclic) bond motifs is 1. The van der Waals surface area contributed by atoms with Crippen LogP contribution in [0.2, 0.25) is 0 Å². The molecule has 0 saturated carbocycles. The third-order valence-electron chi connectivity index (χ3n) is 4.76. The van der Waals surface area contributed by atoms with Crippen LogP contribution in [0.1, 0.15) is 11.1 Å². The summed E-state index contributed by atoms with van der Waals surface area (Å²) in [5.41, 5.74) is 4.87. The van der Waals surface area contributed by atoms with Crippen LogP contribution in [0.3, 0.4) is 0 Å². The molecule has 1 aromatic heterocycles. The van der Waals surface area contributed by atoms with E-state index in [9.17, 15) is 9.90 Å². The van der Waals surface area contributed by atoms with Crippen LogP contribution in [0.15, 0.2) is 64.4 Å². The summed E-state index contributed by atoms with van der Waals surface area (Å²) in [7, 11) is 3.30. The van der Waals surface area contributed by atoms with Crippen molar-refractivity contribution in [2.45, 2.75) is 23.6 Å². The van der Waals surface area contributed by atoms with Gasteiger partial charge in [0.25, 0.3) is 0 Å². The second-order valence-corrected chi connectivity index (χ2v) is 8.65. The molecule has 31 heavy (non-hydrogen) atoms. The van der Waals surface area contributed by atoms with Crippen molar-refractivity contribution >= 4 is 34.5 Å². The SMILES string of the molecule is Cc1ccc(Sc2ccc3nn(-c4ccc(NC(=O)N(C)C)cc4O)nc3c2)c(C)c1. The Balaban J connectivity index is 1.60. The van der Waals surface area contributed by atoms with Gasteiger partial charge in [-0.1, -0.05) is 29.5 Å². The molecule has 0 atom stereocenters. The van der Waals surface area contributed by atoms with E-state index in [0.29, 0.717) is 11.4 Å². The number of urea groups is 1. The monoisotopic (exact) mass is 433 g/mol. The maximum atomic E-state index is 11.8. The third kappa shape index (κ3) is 4.49. The van der Waals surface area contributed by atoms with Crippen LogP contribution in [0.25, 0.3) is 16.7 Å². The van der Waals surface area contributed by atoms with Crippen LogP contribution in [0.5, 0.6) is 5.75 Å². The fourth-order valence-electron chi connectivity index (χ4n) is 3.11. The summed E-state index contributed by atoms with van der Waals surface area (Å²) in [6.07, 6.45) is 0. The first-order valence-corrected chi connectivity index (χ1v) is 10.6. The zero-order valence-electron chi connectivity index (χ0n) is 17.7. The minimum Gasteiger partial charge on any atom is -0.506 e. The number of benzene rings is 3. The molecule has 0 radical (unpaired) electrons. The number of aryl methyl sites for hydroxylation is 2. The smallest absolute Gasteiger partial charge is 0.321 e. The Bertz CT molecular complexity index is 1280. The van der Waals surface area contributed by atoms with Gasteiger partial charge in [-0.2, -0.15) is 0 Å². The van der Waals surface area contributed by atoms with Crippen molar-refractivity contribution in [1.82, 2.24) is 19.9 Å². The van der Waals surface area contributed by atoms with E-state index in [-0.39, 0.29) is 11.8 Å². The number of hydrogen-bond acceptors (Lipinski definition) is 5. The average Bonchev–Trinajstić information content (AvgIpc) is 3.13. The number of amides is 2. The van der Waals surface area contributed by atoms with E-state index >= 15 is 0 Å². The Morgan fingerprint density at radius 1 is 1.00 bits per heavy atom. The number of carbonyl (C=O) groups is 1. The van der Waals surface area contributed by atoms with Crippen LogP contribution >= 0.6 is 11.8 Å². The predicted octanol–water partition coefficient (Wildman–Crippen LogP) is 4.99. The molecule has 158 valence electrons. The van der Waals surface area contributed by atoms with Crippen molar-refractivity contribution in [2.75, 3.05) is 19.4 Å². The summed E-state index contributed by atoms with van der Waals surface area (Å²) in [6, 6.07) is 16.9. The molecule has 0 aliphatic carbocycles. The third-order valence-corrected chi connectivity index (χ3v) is 5.93. The molecule has 8 heteroatoms. The number of anilines is 1. The Morgan fingerprint density at radius 3 is 2.48 bits per heavy atom. The summed E-state index contributed by atoms with van der Waals surface area (Å²) in [6.45, 7) is 4.20. The molecule has 7 nitrogen and oxygen atoms in total. The van der Waals surface area contributed by atoms with Crippen LogP contribution < -0.4 is 5.32 Å². The van der Waals surface area contributed by atoms with Crippen LogP contribution in [-0.2, 0) is 0 Å². The second kappa shape index (κ2) is 8.31. The molecule has 2 N–H and O–H groups in total. The van der Waals surface area contributed by atoms with E-state index in [4.69, 9.17) is 0 Å². The lowest BCUT2D eigenvalue weighted by atomic mass is 10.2. The largest absolute Gasteiger partial charge is 0.506 e. The molecule has 3 aromatic carbocycles. The Hall–Kier alpha value is -3.52. The topological polar surface area (TPSA) is 83.3 Å². The lowest BCUT2D eigenvalue weighted by Crippen LogP contribution is -2.27. The summed E-state index contributed by atoms with van der Waals surface area (Å²) in [4.78, 5) is 16.9. The van der Waals surface area contributed by atoms with Gasteiger partial charge < -0.3 is 15.3 Å². The van der Waals surface area contributed by atoms with Gasteiger partial charge >= 0.3 is 6.03 Å². The molecule has 1 heterocycles. The van der Waals surface area contributed by atoms with Crippen molar-refractivity contribution in [3.05, 3.63) is 65.7 Å². The first-order valence-electron chi connectivity index (χ1n) is 9.74. The summed E-state index contributed by atoms with van der Waals surface area (Å²) in [5, 5.41) is 22.2. The van der Waals surface area contributed by atoms with Gasteiger partial charge in [0.1, 0.15) is 22.5 Å². The number of phenols is 1. The predicted molar refractivity (Wildman–Crippen MR) is 123 cm³/mol. The highest BCUT2D eigenvalue weighted by molar-refractivity contribution is 7.99. The summed E-state index contributed by atoms with van der Waals surface area (Å²) in [5.74, 6) is -0.0262. The minimum atomic E-state index is -0.274. The molecule has 0 unspecified atom stereocenters. The zero-order valence-corrected chi connectivity index (χ0v) is 18.6.